The van der Waals surface area contributed by atoms with Crippen molar-refractivity contribution in [2.45, 2.75) is 217 Å². The predicted octanol–water partition coefficient (Wildman–Crippen LogP) is 9.02. The molecule has 392 valence electrons. The lowest BCUT2D eigenvalue weighted by Gasteiger charge is -2.43. The Kier molecular flexibility index (Phi) is 36.4. The van der Waals surface area contributed by atoms with Crippen molar-refractivity contribution in [1.82, 2.24) is 0 Å². The first-order valence-corrected chi connectivity index (χ1v) is 27.8. The van der Waals surface area contributed by atoms with Crippen molar-refractivity contribution in [1.29, 1.82) is 0 Å². The van der Waals surface area contributed by atoms with Crippen molar-refractivity contribution in [3.8, 4) is 0 Å². The number of ether oxygens (including phenoxy) is 2. The fraction of sp³-hybridized carbons (Fsp3) is 0.735. The van der Waals surface area contributed by atoms with Crippen LogP contribution >= 0.6 is 15.6 Å². The smallest absolute Gasteiger partial charge is 0.462 e. The van der Waals surface area contributed by atoms with Gasteiger partial charge < -0.3 is 44.6 Å². The van der Waals surface area contributed by atoms with E-state index in [0.29, 0.717) is 32.1 Å². The third kappa shape index (κ3) is 33.0. The summed E-state index contributed by atoms with van der Waals surface area (Å²) in [7, 11) is -10.7. The molecular formula is C49H84O17P2. The quantitative estimate of drug-likeness (QED) is 0.00751. The largest absolute Gasteiger partial charge is 0.472 e. The number of phosphoric ester groups is 2. The van der Waals surface area contributed by atoms with Gasteiger partial charge in [-0.1, -0.05) is 146 Å². The highest BCUT2D eigenvalue weighted by Gasteiger charge is 2.54. The van der Waals surface area contributed by atoms with E-state index in [0.717, 1.165) is 77.0 Å². The molecule has 1 rings (SSSR count). The SMILES string of the molecule is CCCCCCCC/C=C\CCCCCCCCCC(=O)O[C@H](COC(=O)CCC/C=C\C/C=C\C/C=C\C=C\C(=O)CCCCC)COP(=O)(O)O[C@H]1C(O)C(O)C(O)[C@@H](OP(=O)(O)O)C1O. The molecule has 1 fully saturated rings. The van der Waals surface area contributed by atoms with Gasteiger partial charge >= 0.3 is 27.6 Å². The molecule has 0 aliphatic heterocycles. The second kappa shape index (κ2) is 39.0. The summed E-state index contributed by atoms with van der Waals surface area (Å²) >= 11 is 0. The van der Waals surface area contributed by atoms with Crippen LogP contribution in [0.25, 0.3) is 0 Å². The summed E-state index contributed by atoms with van der Waals surface area (Å²) in [5, 5.41) is 41.3. The lowest BCUT2D eigenvalue weighted by Crippen LogP contribution is -2.64. The van der Waals surface area contributed by atoms with Gasteiger partial charge in [-0.25, -0.2) is 9.13 Å². The van der Waals surface area contributed by atoms with E-state index in [2.05, 4.69) is 30.5 Å². The molecule has 8 atom stereocenters. The Morgan fingerprint density at radius 1 is 0.515 bits per heavy atom. The first kappa shape index (κ1) is 63.4. The van der Waals surface area contributed by atoms with Gasteiger partial charge in [0, 0.05) is 19.3 Å². The molecule has 19 heteroatoms. The first-order valence-electron chi connectivity index (χ1n) is 24.8. The van der Waals surface area contributed by atoms with Gasteiger partial charge in [-0.05, 0) is 70.3 Å². The molecule has 0 saturated heterocycles. The Morgan fingerprint density at radius 2 is 1.00 bits per heavy atom. The third-order valence-electron chi connectivity index (χ3n) is 11.0. The van der Waals surface area contributed by atoms with Crippen LogP contribution in [-0.4, -0.2) is 109 Å². The molecule has 68 heavy (non-hydrogen) atoms. The molecule has 0 spiro atoms. The summed E-state index contributed by atoms with van der Waals surface area (Å²) in [5.41, 5.74) is 0. The Balaban J connectivity index is 2.63. The zero-order valence-corrected chi connectivity index (χ0v) is 42.3. The van der Waals surface area contributed by atoms with Crippen LogP contribution in [0.15, 0.2) is 60.8 Å². The molecule has 0 radical (unpaired) electrons. The van der Waals surface area contributed by atoms with Gasteiger partial charge in [0.1, 0.15) is 43.2 Å². The maximum atomic E-state index is 13.0. The van der Waals surface area contributed by atoms with E-state index in [1.165, 1.54) is 38.5 Å². The Morgan fingerprint density at radius 3 is 1.62 bits per heavy atom. The van der Waals surface area contributed by atoms with E-state index in [4.69, 9.17) is 18.5 Å². The average molecular weight is 1010 g/mol. The van der Waals surface area contributed by atoms with Crippen molar-refractivity contribution in [2.24, 2.45) is 0 Å². The van der Waals surface area contributed by atoms with E-state index in [9.17, 15) is 58.6 Å². The van der Waals surface area contributed by atoms with E-state index in [1.807, 2.05) is 36.5 Å². The van der Waals surface area contributed by atoms with Gasteiger partial charge in [0.05, 0.1) is 6.61 Å². The molecule has 5 unspecified atom stereocenters. The average Bonchev–Trinajstić information content (AvgIpc) is 3.29. The van der Waals surface area contributed by atoms with Crippen LogP contribution in [0.1, 0.15) is 174 Å². The van der Waals surface area contributed by atoms with Gasteiger partial charge in [-0.2, -0.15) is 0 Å². The summed E-state index contributed by atoms with van der Waals surface area (Å²) in [5.74, 6) is -1.18. The number of hydrogen-bond acceptors (Lipinski definition) is 14. The summed E-state index contributed by atoms with van der Waals surface area (Å²) < 4.78 is 49.3. The zero-order chi connectivity index (χ0) is 50.5. The van der Waals surface area contributed by atoms with Gasteiger partial charge in [-0.15, -0.1) is 0 Å². The van der Waals surface area contributed by atoms with Crippen LogP contribution in [-0.2, 0) is 46.6 Å². The van der Waals surface area contributed by atoms with Crippen molar-refractivity contribution in [2.75, 3.05) is 13.2 Å². The Bertz CT molecular complexity index is 1610. The minimum absolute atomic E-state index is 0.0136. The summed E-state index contributed by atoms with van der Waals surface area (Å²) in [6.45, 7) is 2.90. The van der Waals surface area contributed by atoms with Crippen LogP contribution in [0.4, 0.5) is 0 Å². The maximum Gasteiger partial charge on any atom is 0.472 e. The number of hydrogen-bond donors (Lipinski definition) is 7. The number of esters is 2. The number of rotatable bonds is 41. The first-order chi connectivity index (χ1) is 32.5. The number of carbonyl (C=O) groups is 3. The number of allylic oxidation sites excluding steroid dienone is 10. The molecule has 7 N–H and O–H groups in total. The van der Waals surface area contributed by atoms with Gasteiger partial charge in [0.2, 0.25) is 0 Å². The zero-order valence-electron chi connectivity index (χ0n) is 40.5. The van der Waals surface area contributed by atoms with Crippen LogP contribution in [0.5, 0.6) is 0 Å². The molecule has 0 aromatic heterocycles. The monoisotopic (exact) mass is 1010 g/mol. The fourth-order valence-corrected chi connectivity index (χ4v) is 8.68. The second-order valence-corrected chi connectivity index (χ2v) is 19.8. The molecule has 0 heterocycles. The van der Waals surface area contributed by atoms with E-state index < -0.39 is 83.5 Å². The highest BCUT2D eigenvalue weighted by atomic mass is 31.2. The maximum absolute atomic E-state index is 13.0. The molecule has 0 aromatic carbocycles. The number of carbonyl (C=O) groups excluding carboxylic acids is 3. The minimum Gasteiger partial charge on any atom is -0.462 e. The van der Waals surface area contributed by atoms with Crippen molar-refractivity contribution in [3.63, 3.8) is 0 Å². The molecule has 1 aliphatic rings. The fourth-order valence-electron chi connectivity index (χ4n) is 7.14. The summed E-state index contributed by atoms with van der Waals surface area (Å²) in [6.07, 6.45) is 27.3. The number of phosphoric acid groups is 2. The van der Waals surface area contributed by atoms with E-state index in [-0.39, 0.29) is 18.6 Å². The topological polar surface area (TPSA) is 273 Å². The normalized spacial score (nSPS) is 21.7. The van der Waals surface area contributed by atoms with Gasteiger partial charge in [0.25, 0.3) is 0 Å². The van der Waals surface area contributed by atoms with Crippen molar-refractivity contribution < 1.29 is 81.7 Å². The summed E-state index contributed by atoms with van der Waals surface area (Å²) in [6, 6.07) is 0. The van der Waals surface area contributed by atoms with Crippen LogP contribution in [0.3, 0.4) is 0 Å². The van der Waals surface area contributed by atoms with Crippen LogP contribution < -0.4 is 0 Å². The third-order valence-corrected chi connectivity index (χ3v) is 12.5. The van der Waals surface area contributed by atoms with Gasteiger partial charge in [0.15, 0.2) is 11.9 Å². The molecule has 0 aromatic rings. The molecule has 0 bridgehead atoms. The number of ketones is 1. The lowest BCUT2D eigenvalue weighted by molar-refractivity contribution is -0.216. The Hall–Kier alpha value is -2.63. The van der Waals surface area contributed by atoms with Crippen LogP contribution in [0, 0.1) is 0 Å². The molecule has 0 amide bonds. The summed E-state index contributed by atoms with van der Waals surface area (Å²) in [4.78, 5) is 66.1. The van der Waals surface area contributed by atoms with Crippen LogP contribution in [0.2, 0.25) is 0 Å². The van der Waals surface area contributed by atoms with E-state index in [1.54, 1.807) is 12.2 Å². The molecule has 17 nitrogen and oxygen atoms in total. The Labute approximate surface area is 405 Å². The lowest BCUT2D eigenvalue weighted by atomic mass is 9.85. The highest BCUT2D eigenvalue weighted by molar-refractivity contribution is 7.47. The molecule has 1 saturated carbocycles. The van der Waals surface area contributed by atoms with Crippen molar-refractivity contribution >= 4 is 33.4 Å². The molecule has 1 aliphatic carbocycles. The number of unbranched alkanes of at least 4 members (excludes halogenated alkanes) is 16. The van der Waals surface area contributed by atoms with E-state index >= 15 is 0 Å². The standard InChI is InChI=1S/C49H84O17P2/c1-3-5-7-8-9-10-11-12-13-14-15-16-19-23-26-29-33-37-43(52)64-41(39-63-68(60,61)66-49-46(55)44(53)45(54)48(47(49)56)65-67(57,58)59)38-62-42(51)36-32-28-25-22-20-17-18-21-24-27-31-35-40(50)34-30-6-4-2/h12-13,17-18,22,24-25,27,31,35,41,44-49,53-56H,3-11,14-16,19-21,23,26,28-30,32-34,36-39H2,1-2H3,(H,60,61)(H2,57,58,59)/b13-12-,18-17-,25-22-,27-24-,35-31+/t41-,44?,45?,46?,47?,48-,49+/m1/s1. The number of aliphatic hydroxyl groups excluding tert-OH is 4. The molecular weight excluding hydrogens is 922 g/mol. The minimum atomic E-state index is -5.38. The highest BCUT2D eigenvalue weighted by Crippen LogP contribution is 2.49. The predicted molar refractivity (Wildman–Crippen MR) is 260 cm³/mol. The van der Waals surface area contributed by atoms with Gasteiger partial charge in [-0.3, -0.25) is 28.0 Å². The number of aliphatic hydroxyl groups is 4. The second-order valence-electron chi connectivity index (χ2n) is 17.2. The van der Waals surface area contributed by atoms with Crippen molar-refractivity contribution in [3.05, 3.63) is 60.8 Å².